The van der Waals surface area contributed by atoms with Crippen molar-refractivity contribution in [3.05, 3.63) is 0 Å². The Balaban J connectivity index is 0.00000441. The van der Waals surface area contributed by atoms with E-state index in [4.69, 9.17) is 4.74 Å². The first-order chi connectivity index (χ1) is 10.1. The van der Waals surface area contributed by atoms with Crippen molar-refractivity contribution in [3.8, 4) is 0 Å². The summed E-state index contributed by atoms with van der Waals surface area (Å²) in [5.41, 5.74) is -0.308. The minimum Gasteiger partial charge on any atom is -0.384 e. The van der Waals surface area contributed by atoms with E-state index in [9.17, 15) is 4.79 Å². The highest BCUT2D eigenvalue weighted by molar-refractivity contribution is 5.85. The number of rotatable bonds is 10. The Morgan fingerprint density at radius 3 is 2.41 bits per heavy atom. The number of amides is 1. The number of halogens is 1. The molecule has 1 heterocycles. The van der Waals surface area contributed by atoms with E-state index in [1.54, 1.807) is 7.11 Å². The molecule has 132 valence electrons. The molecule has 0 saturated carbocycles. The molecule has 5 heteroatoms. The molecule has 1 amide bonds. The van der Waals surface area contributed by atoms with Gasteiger partial charge in [0.1, 0.15) is 0 Å². The van der Waals surface area contributed by atoms with Crippen LogP contribution >= 0.6 is 12.4 Å². The van der Waals surface area contributed by atoms with Crippen molar-refractivity contribution in [1.82, 2.24) is 10.6 Å². The molecule has 22 heavy (non-hydrogen) atoms. The predicted molar refractivity (Wildman–Crippen MR) is 94.6 cm³/mol. The van der Waals surface area contributed by atoms with Gasteiger partial charge in [-0.3, -0.25) is 4.79 Å². The van der Waals surface area contributed by atoms with E-state index in [0.717, 1.165) is 44.8 Å². The largest absolute Gasteiger partial charge is 0.384 e. The first kappa shape index (κ1) is 21.7. The minimum atomic E-state index is -0.308. The van der Waals surface area contributed by atoms with Gasteiger partial charge in [0.2, 0.25) is 5.91 Å². The number of methoxy groups -OCH3 is 1. The zero-order valence-electron chi connectivity index (χ0n) is 14.6. The van der Waals surface area contributed by atoms with Crippen molar-refractivity contribution >= 4 is 18.3 Å². The molecule has 0 aliphatic carbocycles. The standard InChI is InChI=1S/C17H34N2O2.ClH/c1-15(2)8-6-4-5-7-11-19-16(20)17(14-21-3)9-12-18-13-10-17;/h15,18H,4-14H2,1-3H3,(H,19,20);1H. The Labute approximate surface area is 142 Å². The van der Waals surface area contributed by atoms with Crippen molar-refractivity contribution in [1.29, 1.82) is 0 Å². The van der Waals surface area contributed by atoms with Crippen molar-refractivity contribution in [2.45, 2.75) is 58.8 Å². The molecule has 0 bridgehead atoms. The summed E-state index contributed by atoms with van der Waals surface area (Å²) in [7, 11) is 1.69. The van der Waals surface area contributed by atoms with Crippen LogP contribution in [0.4, 0.5) is 0 Å². The molecule has 0 radical (unpaired) electrons. The zero-order valence-corrected chi connectivity index (χ0v) is 15.4. The normalized spacial score (nSPS) is 17.1. The number of piperidine rings is 1. The van der Waals surface area contributed by atoms with Gasteiger partial charge in [0.05, 0.1) is 12.0 Å². The molecule has 0 atom stereocenters. The van der Waals surface area contributed by atoms with Crippen molar-refractivity contribution in [3.63, 3.8) is 0 Å². The summed E-state index contributed by atoms with van der Waals surface area (Å²) in [6, 6.07) is 0. The highest BCUT2D eigenvalue weighted by atomic mass is 35.5. The molecule has 0 aromatic carbocycles. The second kappa shape index (κ2) is 12.1. The van der Waals surface area contributed by atoms with Gasteiger partial charge in [0, 0.05) is 13.7 Å². The van der Waals surface area contributed by atoms with Crippen LogP contribution in [0.2, 0.25) is 0 Å². The van der Waals surface area contributed by atoms with Gasteiger partial charge in [0.15, 0.2) is 0 Å². The third-order valence-corrected chi connectivity index (χ3v) is 4.46. The Morgan fingerprint density at radius 1 is 1.18 bits per heavy atom. The maximum atomic E-state index is 12.5. The Kier molecular flexibility index (Phi) is 12.0. The highest BCUT2D eigenvalue weighted by Gasteiger charge is 2.39. The molecule has 0 unspecified atom stereocenters. The lowest BCUT2D eigenvalue weighted by Crippen LogP contribution is -2.50. The molecular formula is C17H35ClN2O2. The molecule has 1 aliphatic rings. The van der Waals surface area contributed by atoms with Crippen LogP contribution in [0, 0.1) is 11.3 Å². The van der Waals surface area contributed by atoms with Crippen LogP contribution in [-0.4, -0.2) is 39.3 Å². The van der Waals surface area contributed by atoms with E-state index in [0.29, 0.717) is 6.61 Å². The number of hydrogen-bond donors (Lipinski definition) is 2. The van der Waals surface area contributed by atoms with Gasteiger partial charge in [-0.15, -0.1) is 12.4 Å². The molecule has 1 saturated heterocycles. The summed E-state index contributed by atoms with van der Waals surface area (Å²) in [6.45, 7) is 7.70. The number of ether oxygens (including phenoxy) is 1. The number of nitrogens with one attached hydrogen (secondary N) is 2. The van der Waals surface area contributed by atoms with E-state index < -0.39 is 0 Å². The summed E-state index contributed by atoms with van der Waals surface area (Å²) in [5, 5.41) is 6.45. The topological polar surface area (TPSA) is 50.4 Å². The molecule has 0 aromatic rings. The Bertz CT molecular complexity index is 287. The van der Waals surface area contributed by atoms with Crippen LogP contribution in [0.15, 0.2) is 0 Å². The number of unbranched alkanes of at least 4 members (excludes halogenated alkanes) is 3. The van der Waals surface area contributed by atoms with Crippen LogP contribution in [0.3, 0.4) is 0 Å². The number of carbonyl (C=O) groups excluding carboxylic acids is 1. The van der Waals surface area contributed by atoms with Gasteiger partial charge in [-0.05, 0) is 38.3 Å². The van der Waals surface area contributed by atoms with Gasteiger partial charge >= 0.3 is 0 Å². The quantitative estimate of drug-likeness (QED) is 0.603. The Hall–Kier alpha value is -0.320. The van der Waals surface area contributed by atoms with Crippen LogP contribution in [0.25, 0.3) is 0 Å². The van der Waals surface area contributed by atoms with Crippen molar-refractivity contribution < 1.29 is 9.53 Å². The van der Waals surface area contributed by atoms with E-state index in [2.05, 4.69) is 24.5 Å². The third-order valence-electron chi connectivity index (χ3n) is 4.46. The Morgan fingerprint density at radius 2 is 1.82 bits per heavy atom. The number of carbonyl (C=O) groups is 1. The van der Waals surface area contributed by atoms with Crippen LogP contribution in [-0.2, 0) is 9.53 Å². The highest BCUT2D eigenvalue weighted by Crippen LogP contribution is 2.29. The van der Waals surface area contributed by atoms with E-state index >= 15 is 0 Å². The summed E-state index contributed by atoms with van der Waals surface area (Å²) in [6.07, 6.45) is 7.96. The maximum absolute atomic E-state index is 12.5. The van der Waals surface area contributed by atoms with Crippen molar-refractivity contribution in [2.24, 2.45) is 11.3 Å². The average Bonchev–Trinajstić information content (AvgIpc) is 2.47. The lowest BCUT2D eigenvalue weighted by molar-refractivity contribution is -0.136. The monoisotopic (exact) mass is 334 g/mol. The molecule has 2 N–H and O–H groups in total. The molecule has 1 rings (SSSR count). The first-order valence-corrected chi connectivity index (χ1v) is 8.59. The first-order valence-electron chi connectivity index (χ1n) is 8.59. The molecule has 4 nitrogen and oxygen atoms in total. The SMILES string of the molecule is COCC1(C(=O)NCCCCCCC(C)C)CCNCC1.Cl. The van der Waals surface area contributed by atoms with Gasteiger partial charge < -0.3 is 15.4 Å². The van der Waals surface area contributed by atoms with Crippen LogP contribution < -0.4 is 10.6 Å². The zero-order chi connectivity index (χ0) is 15.6. The molecule has 0 aromatic heterocycles. The van der Waals surface area contributed by atoms with Gasteiger partial charge in [-0.1, -0.05) is 39.5 Å². The van der Waals surface area contributed by atoms with E-state index in [1.165, 1.54) is 25.7 Å². The summed E-state index contributed by atoms with van der Waals surface area (Å²) >= 11 is 0. The molecule has 1 fully saturated rings. The maximum Gasteiger partial charge on any atom is 0.228 e. The van der Waals surface area contributed by atoms with E-state index in [-0.39, 0.29) is 23.7 Å². The third kappa shape index (κ3) is 7.80. The van der Waals surface area contributed by atoms with Gasteiger partial charge in [-0.2, -0.15) is 0 Å². The fourth-order valence-electron chi connectivity index (χ4n) is 3.04. The predicted octanol–water partition coefficient (Wildman–Crippen LogP) is 3.15. The minimum absolute atomic E-state index is 0. The van der Waals surface area contributed by atoms with E-state index in [1.807, 2.05) is 0 Å². The smallest absolute Gasteiger partial charge is 0.228 e. The summed E-state index contributed by atoms with van der Waals surface area (Å²) in [4.78, 5) is 12.5. The second-order valence-corrected chi connectivity index (χ2v) is 6.82. The fraction of sp³-hybridized carbons (Fsp3) is 0.941. The summed E-state index contributed by atoms with van der Waals surface area (Å²) in [5.74, 6) is 0.992. The van der Waals surface area contributed by atoms with Gasteiger partial charge in [-0.25, -0.2) is 0 Å². The number of hydrogen-bond acceptors (Lipinski definition) is 3. The van der Waals surface area contributed by atoms with Crippen LogP contribution in [0.1, 0.15) is 58.8 Å². The average molecular weight is 335 g/mol. The molecule has 1 aliphatic heterocycles. The van der Waals surface area contributed by atoms with Gasteiger partial charge in [0.25, 0.3) is 0 Å². The fourth-order valence-corrected chi connectivity index (χ4v) is 3.04. The molecular weight excluding hydrogens is 300 g/mol. The lowest BCUT2D eigenvalue weighted by Gasteiger charge is -2.35. The van der Waals surface area contributed by atoms with Crippen LogP contribution in [0.5, 0.6) is 0 Å². The lowest BCUT2D eigenvalue weighted by atomic mass is 9.78. The molecule has 0 spiro atoms. The van der Waals surface area contributed by atoms with Crippen molar-refractivity contribution in [2.75, 3.05) is 33.4 Å². The summed E-state index contributed by atoms with van der Waals surface area (Å²) < 4.78 is 5.30. The second-order valence-electron chi connectivity index (χ2n) is 6.82.